The van der Waals surface area contributed by atoms with Crippen LogP contribution in [0.3, 0.4) is 0 Å². The summed E-state index contributed by atoms with van der Waals surface area (Å²) in [5.41, 5.74) is 4.33. The molecule has 0 saturated heterocycles. The zero-order valence-corrected chi connectivity index (χ0v) is 23.1. The minimum Gasteiger partial charge on any atom is -0.481 e. The Morgan fingerprint density at radius 3 is 2.26 bits per heavy atom. The predicted molar refractivity (Wildman–Crippen MR) is 145 cm³/mol. The number of carbonyl (C=O) groups is 3. The molecule has 210 valence electrons. The summed E-state index contributed by atoms with van der Waals surface area (Å²) in [5, 5.41) is 14.0. The second kappa shape index (κ2) is 14.2. The minimum atomic E-state index is -1.23. The van der Waals surface area contributed by atoms with Crippen LogP contribution in [0, 0.1) is 38.3 Å². The molecule has 0 spiro atoms. The van der Waals surface area contributed by atoms with Gasteiger partial charge in [-0.25, -0.2) is 13.8 Å². The molecule has 0 aliphatic heterocycles. The van der Waals surface area contributed by atoms with Gasteiger partial charge in [0.15, 0.2) is 11.6 Å². The number of amides is 2. The Morgan fingerprint density at radius 1 is 1.10 bits per heavy atom. The van der Waals surface area contributed by atoms with E-state index in [1.807, 2.05) is 40.0 Å². The van der Waals surface area contributed by atoms with Crippen LogP contribution in [-0.2, 0) is 16.6 Å². The molecule has 3 aromatic rings. The Hall–Kier alpha value is -4.08. The predicted octanol–water partition coefficient (Wildman–Crippen LogP) is 5.01. The Balaban J connectivity index is 0.000000322. The molecular weight excluding hydrogens is 506 g/mol. The second-order valence-electron chi connectivity index (χ2n) is 9.93. The highest BCUT2D eigenvalue weighted by atomic mass is 19.2. The molecule has 1 atom stereocenters. The Kier molecular flexibility index (Phi) is 11.3. The van der Waals surface area contributed by atoms with E-state index in [4.69, 9.17) is 5.11 Å². The van der Waals surface area contributed by atoms with Crippen molar-refractivity contribution in [2.45, 2.75) is 53.5 Å². The van der Waals surface area contributed by atoms with Gasteiger partial charge in [0.25, 0.3) is 5.91 Å². The van der Waals surface area contributed by atoms with Crippen molar-refractivity contribution in [3.8, 4) is 11.1 Å². The Morgan fingerprint density at radius 2 is 1.74 bits per heavy atom. The number of halogens is 2. The first-order chi connectivity index (χ1) is 18.3. The number of carbonyl (C=O) groups excluding carboxylic acids is 2. The van der Waals surface area contributed by atoms with Crippen molar-refractivity contribution in [1.29, 1.82) is 0 Å². The van der Waals surface area contributed by atoms with Gasteiger partial charge >= 0.3 is 5.97 Å². The van der Waals surface area contributed by atoms with Crippen LogP contribution in [0.15, 0.2) is 36.8 Å². The first-order valence-corrected chi connectivity index (χ1v) is 12.6. The third-order valence-electron chi connectivity index (χ3n) is 5.99. The molecule has 1 heterocycles. The molecule has 1 aromatic heterocycles. The Labute approximate surface area is 227 Å². The van der Waals surface area contributed by atoms with E-state index in [1.165, 1.54) is 6.07 Å². The SMILES string of the molecule is CC(C)CCNC(=O)c1cn(C)cn1.Cc1cc(C)c(-c2cc(F)c(F)c(C(CC(=O)O)NC=O)c2)c(C)c1. The number of hydrogen-bond donors (Lipinski definition) is 3. The fraction of sp³-hybridized carbons (Fsp3) is 0.379. The summed E-state index contributed by atoms with van der Waals surface area (Å²) >= 11 is 0. The smallest absolute Gasteiger partial charge is 0.305 e. The maximum absolute atomic E-state index is 14.3. The van der Waals surface area contributed by atoms with Crippen molar-refractivity contribution in [2.75, 3.05) is 6.54 Å². The van der Waals surface area contributed by atoms with E-state index in [2.05, 4.69) is 29.5 Å². The molecule has 1 unspecified atom stereocenters. The van der Waals surface area contributed by atoms with Gasteiger partial charge in [-0.1, -0.05) is 31.5 Å². The maximum Gasteiger partial charge on any atom is 0.305 e. The number of nitrogens with one attached hydrogen (secondary N) is 2. The van der Waals surface area contributed by atoms with Crippen molar-refractivity contribution >= 4 is 18.3 Å². The highest BCUT2D eigenvalue weighted by Crippen LogP contribution is 2.33. The number of benzene rings is 2. The number of aryl methyl sites for hydroxylation is 4. The van der Waals surface area contributed by atoms with Crippen LogP contribution in [0.2, 0.25) is 0 Å². The summed E-state index contributed by atoms with van der Waals surface area (Å²) < 4.78 is 30.2. The maximum atomic E-state index is 14.3. The zero-order valence-electron chi connectivity index (χ0n) is 23.1. The van der Waals surface area contributed by atoms with Crippen LogP contribution in [0.4, 0.5) is 8.78 Å². The van der Waals surface area contributed by atoms with Gasteiger partial charge in [0.1, 0.15) is 5.69 Å². The van der Waals surface area contributed by atoms with E-state index in [0.29, 0.717) is 23.7 Å². The summed E-state index contributed by atoms with van der Waals surface area (Å²) in [6.07, 6.45) is 4.06. The number of nitrogens with zero attached hydrogens (tertiary/aromatic N) is 2. The van der Waals surface area contributed by atoms with Crippen molar-refractivity contribution in [3.05, 3.63) is 76.4 Å². The summed E-state index contributed by atoms with van der Waals surface area (Å²) in [7, 11) is 1.85. The summed E-state index contributed by atoms with van der Waals surface area (Å²) in [6.45, 7) is 10.7. The van der Waals surface area contributed by atoms with E-state index in [0.717, 1.165) is 34.7 Å². The van der Waals surface area contributed by atoms with Crippen LogP contribution in [0.25, 0.3) is 11.1 Å². The van der Waals surface area contributed by atoms with Crippen molar-refractivity contribution in [1.82, 2.24) is 20.2 Å². The molecule has 0 saturated carbocycles. The van der Waals surface area contributed by atoms with Gasteiger partial charge < -0.3 is 20.3 Å². The van der Waals surface area contributed by atoms with Crippen LogP contribution < -0.4 is 10.6 Å². The number of imidazole rings is 1. The van der Waals surface area contributed by atoms with Gasteiger partial charge in [-0.2, -0.15) is 0 Å². The largest absolute Gasteiger partial charge is 0.481 e. The number of aromatic nitrogens is 2. The molecule has 10 heteroatoms. The van der Waals surface area contributed by atoms with Gasteiger partial charge in [-0.05, 0) is 67.5 Å². The highest BCUT2D eigenvalue weighted by Gasteiger charge is 2.23. The molecule has 39 heavy (non-hydrogen) atoms. The lowest BCUT2D eigenvalue weighted by molar-refractivity contribution is -0.137. The van der Waals surface area contributed by atoms with Crippen molar-refractivity contribution in [2.24, 2.45) is 13.0 Å². The molecule has 2 aromatic carbocycles. The molecule has 3 N–H and O–H groups in total. The number of hydrogen-bond acceptors (Lipinski definition) is 4. The fourth-order valence-electron chi connectivity index (χ4n) is 4.25. The van der Waals surface area contributed by atoms with E-state index >= 15 is 0 Å². The molecule has 8 nitrogen and oxygen atoms in total. The molecule has 2 amide bonds. The molecule has 0 aliphatic rings. The minimum absolute atomic E-state index is 0.0914. The summed E-state index contributed by atoms with van der Waals surface area (Å²) in [5.74, 6) is -2.96. The van der Waals surface area contributed by atoms with E-state index in [-0.39, 0.29) is 17.9 Å². The second-order valence-corrected chi connectivity index (χ2v) is 9.93. The van der Waals surface area contributed by atoms with Gasteiger partial charge in [0, 0.05) is 25.4 Å². The zero-order chi connectivity index (χ0) is 29.3. The van der Waals surface area contributed by atoms with Gasteiger partial charge in [-0.3, -0.25) is 14.4 Å². The molecule has 3 rings (SSSR count). The summed E-state index contributed by atoms with van der Waals surface area (Å²) in [4.78, 5) is 37.1. The number of carboxylic acids is 1. The molecular formula is C29H36F2N4O4. The number of rotatable bonds is 10. The third kappa shape index (κ3) is 9.01. The lowest BCUT2D eigenvalue weighted by Crippen LogP contribution is -2.25. The van der Waals surface area contributed by atoms with Gasteiger partial charge in [-0.15, -0.1) is 0 Å². The van der Waals surface area contributed by atoms with Gasteiger partial charge in [0.2, 0.25) is 6.41 Å². The number of carboxylic acid groups (broad SMARTS) is 1. The standard InChI is InChI=1S/C19H19F2NO3.C10H17N3O/c1-10-4-11(2)18(12(3)5-10)13-6-14(19(21)15(20)7-13)16(22-9-23)8-17(24)25;1-8(2)4-5-11-10(14)9-6-13(3)7-12-9/h4-7,9,16H,8H2,1-3H3,(H,22,23)(H,24,25);6-8H,4-5H2,1-3H3,(H,11,14). The quantitative estimate of drug-likeness (QED) is 0.312. The van der Waals surface area contributed by atoms with Crippen molar-refractivity contribution < 1.29 is 28.3 Å². The van der Waals surface area contributed by atoms with Gasteiger partial charge in [0.05, 0.1) is 18.8 Å². The average molecular weight is 543 g/mol. The summed E-state index contributed by atoms with van der Waals surface area (Å²) in [6, 6.07) is 5.19. The van der Waals surface area contributed by atoms with Crippen LogP contribution in [0.5, 0.6) is 0 Å². The van der Waals surface area contributed by atoms with Crippen LogP contribution in [0.1, 0.15) is 65.5 Å². The molecule has 0 aliphatic carbocycles. The molecule has 0 bridgehead atoms. The van der Waals surface area contributed by atoms with Crippen LogP contribution >= 0.6 is 0 Å². The Bertz CT molecular complexity index is 1300. The van der Waals surface area contributed by atoms with E-state index < -0.39 is 30.1 Å². The first kappa shape index (κ1) is 31.1. The van der Waals surface area contributed by atoms with E-state index in [9.17, 15) is 23.2 Å². The average Bonchev–Trinajstić information content (AvgIpc) is 3.26. The topological polar surface area (TPSA) is 113 Å². The fourth-order valence-corrected chi connectivity index (χ4v) is 4.25. The lowest BCUT2D eigenvalue weighted by Gasteiger charge is -2.18. The monoisotopic (exact) mass is 542 g/mol. The molecule has 0 radical (unpaired) electrons. The third-order valence-corrected chi connectivity index (χ3v) is 5.99. The highest BCUT2D eigenvalue weighted by molar-refractivity contribution is 5.91. The normalized spacial score (nSPS) is 11.4. The lowest BCUT2D eigenvalue weighted by atomic mass is 9.91. The van der Waals surface area contributed by atoms with Crippen molar-refractivity contribution in [3.63, 3.8) is 0 Å². The molecule has 0 fully saturated rings. The van der Waals surface area contributed by atoms with E-state index in [1.54, 1.807) is 17.1 Å². The first-order valence-electron chi connectivity index (χ1n) is 12.6. The number of aliphatic carboxylic acids is 1. The van der Waals surface area contributed by atoms with Crippen LogP contribution in [-0.4, -0.2) is 39.5 Å².